The van der Waals surface area contributed by atoms with E-state index in [0.717, 1.165) is 17.8 Å². The van der Waals surface area contributed by atoms with E-state index in [1.165, 1.54) is 51.6 Å². The molecule has 1 heterocycles. The van der Waals surface area contributed by atoms with Crippen LogP contribution in [0.5, 0.6) is 0 Å². The van der Waals surface area contributed by atoms with E-state index < -0.39 is 0 Å². The predicted octanol–water partition coefficient (Wildman–Crippen LogP) is 3.84. The van der Waals surface area contributed by atoms with Crippen molar-refractivity contribution in [2.75, 3.05) is 13.1 Å². The van der Waals surface area contributed by atoms with Crippen LogP contribution in [-0.2, 0) is 0 Å². The summed E-state index contributed by atoms with van der Waals surface area (Å²) in [6, 6.07) is 0. The van der Waals surface area contributed by atoms with Gasteiger partial charge < -0.3 is 5.32 Å². The molecule has 1 nitrogen and oxygen atoms in total. The molecule has 0 aromatic rings. The first-order chi connectivity index (χ1) is 7.57. The van der Waals surface area contributed by atoms with E-state index in [0.29, 0.717) is 5.41 Å². The number of nitrogens with one attached hydrogen (secondary N) is 1. The first-order valence-corrected chi connectivity index (χ1v) is 7.28. The molecule has 1 N–H and O–H groups in total. The first-order valence-electron chi connectivity index (χ1n) is 7.28. The summed E-state index contributed by atoms with van der Waals surface area (Å²) >= 11 is 0. The van der Waals surface area contributed by atoms with Crippen molar-refractivity contribution in [1.82, 2.24) is 5.32 Å². The topological polar surface area (TPSA) is 12.0 Å². The highest BCUT2D eigenvalue weighted by Crippen LogP contribution is 2.40. The standard InChI is InChI=1S/C15H29N/c1-15(2,3)14-6-4-5-12(7-8-14)13-9-10-16-11-13/h12-14,16H,4-11H2,1-3H3. The lowest BCUT2D eigenvalue weighted by Gasteiger charge is -2.30. The van der Waals surface area contributed by atoms with E-state index in [-0.39, 0.29) is 0 Å². The van der Waals surface area contributed by atoms with Gasteiger partial charge in [-0.25, -0.2) is 0 Å². The van der Waals surface area contributed by atoms with Crippen molar-refractivity contribution >= 4 is 0 Å². The van der Waals surface area contributed by atoms with E-state index >= 15 is 0 Å². The van der Waals surface area contributed by atoms with Crippen molar-refractivity contribution in [2.24, 2.45) is 23.2 Å². The monoisotopic (exact) mass is 223 g/mol. The van der Waals surface area contributed by atoms with Crippen LogP contribution in [0.4, 0.5) is 0 Å². The van der Waals surface area contributed by atoms with Gasteiger partial charge in [0.25, 0.3) is 0 Å². The van der Waals surface area contributed by atoms with E-state index in [2.05, 4.69) is 26.1 Å². The third-order valence-corrected chi connectivity index (χ3v) is 5.00. The molecule has 94 valence electrons. The lowest BCUT2D eigenvalue weighted by molar-refractivity contribution is 0.209. The summed E-state index contributed by atoms with van der Waals surface area (Å²) in [5, 5.41) is 3.53. The van der Waals surface area contributed by atoms with Gasteiger partial charge in [-0.05, 0) is 61.9 Å². The van der Waals surface area contributed by atoms with Gasteiger partial charge in [-0.2, -0.15) is 0 Å². The van der Waals surface area contributed by atoms with Crippen molar-refractivity contribution < 1.29 is 0 Å². The van der Waals surface area contributed by atoms with Crippen LogP contribution in [0.25, 0.3) is 0 Å². The van der Waals surface area contributed by atoms with E-state index in [4.69, 9.17) is 0 Å². The van der Waals surface area contributed by atoms with Gasteiger partial charge in [0.1, 0.15) is 0 Å². The summed E-state index contributed by atoms with van der Waals surface area (Å²) in [5.74, 6) is 2.99. The maximum absolute atomic E-state index is 3.53. The quantitative estimate of drug-likeness (QED) is 0.666. The average Bonchev–Trinajstić information content (AvgIpc) is 2.60. The Morgan fingerprint density at radius 3 is 2.31 bits per heavy atom. The Bertz CT molecular complexity index is 210. The van der Waals surface area contributed by atoms with E-state index in [1.807, 2.05) is 0 Å². The molecule has 2 aliphatic rings. The molecule has 1 heteroatoms. The summed E-state index contributed by atoms with van der Waals surface area (Å²) in [6.07, 6.45) is 8.85. The van der Waals surface area contributed by atoms with Gasteiger partial charge in [0.2, 0.25) is 0 Å². The lowest BCUT2D eigenvalue weighted by Crippen LogP contribution is -2.20. The van der Waals surface area contributed by atoms with Crippen molar-refractivity contribution in [3.63, 3.8) is 0 Å². The van der Waals surface area contributed by atoms with Gasteiger partial charge in [-0.1, -0.05) is 33.6 Å². The van der Waals surface area contributed by atoms with E-state index in [1.54, 1.807) is 0 Å². The minimum absolute atomic E-state index is 0.531. The molecule has 0 aromatic carbocycles. The average molecular weight is 223 g/mol. The Morgan fingerprint density at radius 2 is 1.69 bits per heavy atom. The molecule has 1 aliphatic heterocycles. The Balaban J connectivity index is 1.87. The van der Waals surface area contributed by atoms with Crippen molar-refractivity contribution in [2.45, 2.75) is 59.3 Å². The number of rotatable bonds is 1. The van der Waals surface area contributed by atoms with Crippen molar-refractivity contribution in [3.05, 3.63) is 0 Å². The van der Waals surface area contributed by atoms with Gasteiger partial charge >= 0.3 is 0 Å². The summed E-state index contributed by atoms with van der Waals surface area (Å²) < 4.78 is 0. The zero-order valence-electron chi connectivity index (χ0n) is 11.4. The SMILES string of the molecule is CC(C)(C)C1CCCC(C2CCNC2)CC1. The van der Waals surface area contributed by atoms with Crippen LogP contribution in [0.2, 0.25) is 0 Å². The molecule has 0 spiro atoms. The Kier molecular flexibility index (Phi) is 3.94. The molecule has 1 saturated heterocycles. The molecule has 0 amide bonds. The number of hydrogen-bond donors (Lipinski definition) is 1. The minimum Gasteiger partial charge on any atom is -0.316 e. The highest BCUT2D eigenvalue weighted by atomic mass is 14.9. The van der Waals surface area contributed by atoms with Crippen molar-refractivity contribution in [3.8, 4) is 0 Å². The summed E-state index contributed by atoms with van der Waals surface area (Å²) in [4.78, 5) is 0. The van der Waals surface area contributed by atoms with Crippen LogP contribution in [0.3, 0.4) is 0 Å². The highest BCUT2D eigenvalue weighted by Gasteiger charge is 2.31. The second-order valence-electron chi connectivity index (χ2n) is 7.08. The molecule has 2 rings (SSSR count). The van der Waals surface area contributed by atoms with Crippen LogP contribution >= 0.6 is 0 Å². The lowest BCUT2D eigenvalue weighted by atomic mass is 9.76. The summed E-state index contributed by atoms with van der Waals surface area (Å²) in [6.45, 7) is 9.84. The molecular formula is C15H29N. The largest absolute Gasteiger partial charge is 0.316 e. The van der Waals surface area contributed by atoms with E-state index in [9.17, 15) is 0 Å². The fourth-order valence-corrected chi connectivity index (χ4v) is 3.75. The Labute approximate surface area is 101 Å². The third-order valence-electron chi connectivity index (χ3n) is 5.00. The second kappa shape index (κ2) is 5.08. The van der Waals surface area contributed by atoms with Crippen molar-refractivity contribution in [1.29, 1.82) is 0 Å². The fourth-order valence-electron chi connectivity index (χ4n) is 3.75. The first kappa shape index (κ1) is 12.4. The molecule has 3 unspecified atom stereocenters. The van der Waals surface area contributed by atoms with Gasteiger partial charge in [0.05, 0.1) is 0 Å². The molecule has 3 atom stereocenters. The van der Waals surface area contributed by atoms with Crippen LogP contribution in [-0.4, -0.2) is 13.1 Å². The van der Waals surface area contributed by atoms with Gasteiger partial charge in [0, 0.05) is 0 Å². The van der Waals surface area contributed by atoms with Crippen LogP contribution in [0.1, 0.15) is 59.3 Å². The zero-order valence-corrected chi connectivity index (χ0v) is 11.4. The maximum atomic E-state index is 3.53. The van der Waals surface area contributed by atoms with Gasteiger partial charge in [-0.15, -0.1) is 0 Å². The molecule has 0 aromatic heterocycles. The Hall–Kier alpha value is -0.0400. The Morgan fingerprint density at radius 1 is 0.875 bits per heavy atom. The molecule has 2 fully saturated rings. The molecule has 1 aliphatic carbocycles. The van der Waals surface area contributed by atoms with Crippen LogP contribution in [0.15, 0.2) is 0 Å². The second-order valence-corrected chi connectivity index (χ2v) is 7.08. The molecule has 0 radical (unpaired) electrons. The molecule has 0 bridgehead atoms. The molecule has 1 saturated carbocycles. The maximum Gasteiger partial charge on any atom is -0.00174 e. The summed E-state index contributed by atoms with van der Waals surface area (Å²) in [5.41, 5.74) is 0.531. The third kappa shape index (κ3) is 3.00. The fraction of sp³-hybridized carbons (Fsp3) is 1.00. The van der Waals surface area contributed by atoms with Gasteiger partial charge in [-0.3, -0.25) is 0 Å². The summed E-state index contributed by atoms with van der Waals surface area (Å²) in [7, 11) is 0. The normalized spacial score (nSPS) is 37.3. The zero-order chi connectivity index (χ0) is 11.6. The van der Waals surface area contributed by atoms with Crippen LogP contribution < -0.4 is 5.32 Å². The molecular weight excluding hydrogens is 194 g/mol. The predicted molar refractivity (Wildman–Crippen MR) is 70.5 cm³/mol. The highest BCUT2D eigenvalue weighted by molar-refractivity contribution is 4.84. The van der Waals surface area contributed by atoms with Crippen LogP contribution in [0, 0.1) is 23.2 Å². The molecule has 16 heavy (non-hydrogen) atoms. The smallest absolute Gasteiger partial charge is 0.00174 e. The number of hydrogen-bond acceptors (Lipinski definition) is 1. The minimum atomic E-state index is 0.531. The van der Waals surface area contributed by atoms with Gasteiger partial charge in [0.15, 0.2) is 0 Å².